The first-order valence-corrected chi connectivity index (χ1v) is 9.93. The van der Waals surface area contributed by atoms with Gasteiger partial charge in [-0.3, -0.25) is 4.79 Å². The standard InChI is InChI=1S/C17H17NO3S2/c1-22-15-8-3-13(4-9-15)5-12-17(19)18-14-6-10-16(11-7-14)23(2,20)21/h3-12H,1-2H3,(H,18,19)/b12-5+. The van der Waals surface area contributed by atoms with E-state index in [1.165, 1.54) is 18.2 Å². The maximum absolute atomic E-state index is 11.9. The molecule has 120 valence electrons. The van der Waals surface area contributed by atoms with Crippen LogP contribution in [-0.2, 0) is 14.6 Å². The number of carbonyl (C=O) groups excluding carboxylic acids is 1. The van der Waals surface area contributed by atoms with Crippen molar-refractivity contribution in [3.05, 3.63) is 60.2 Å². The zero-order valence-corrected chi connectivity index (χ0v) is 14.4. The first-order valence-electron chi connectivity index (χ1n) is 6.82. The Morgan fingerprint density at radius 2 is 1.65 bits per heavy atom. The summed E-state index contributed by atoms with van der Waals surface area (Å²) in [6.45, 7) is 0. The van der Waals surface area contributed by atoms with Gasteiger partial charge in [-0.2, -0.15) is 0 Å². The molecule has 0 aliphatic heterocycles. The van der Waals surface area contributed by atoms with Crippen LogP contribution in [0.15, 0.2) is 64.4 Å². The number of amides is 1. The van der Waals surface area contributed by atoms with E-state index in [-0.39, 0.29) is 10.8 Å². The molecule has 0 aliphatic carbocycles. The average molecular weight is 347 g/mol. The number of thioether (sulfide) groups is 1. The first-order chi connectivity index (χ1) is 10.9. The van der Waals surface area contributed by atoms with E-state index in [2.05, 4.69) is 5.32 Å². The molecule has 0 aliphatic rings. The van der Waals surface area contributed by atoms with Crippen LogP contribution in [0.1, 0.15) is 5.56 Å². The van der Waals surface area contributed by atoms with Gasteiger partial charge in [0.2, 0.25) is 5.91 Å². The summed E-state index contributed by atoms with van der Waals surface area (Å²) in [5.41, 5.74) is 1.48. The minimum Gasteiger partial charge on any atom is -0.323 e. The summed E-state index contributed by atoms with van der Waals surface area (Å²) in [6.07, 6.45) is 6.32. The van der Waals surface area contributed by atoms with E-state index in [4.69, 9.17) is 0 Å². The molecule has 23 heavy (non-hydrogen) atoms. The van der Waals surface area contributed by atoms with Crippen molar-refractivity contribution < 1.29 is 13.2 Å². The Kier molecular flexibility index (Phi) is 5.63. The highest BCUT2D eigenvalue weighted by molar-refractivity contribution is 7.98. The van der Waals surface area contributed by atoms with E-state index >= 15 is 0 Å². The highest BCUT2D eigenvalue weighted by Gasteiger charge is 2.06. The van der Waals surface area contributed by atoms with Crippen LogP contribution >= 0.6 is 11.8 Å². The molecule has 0 aromatic heterocycles. The number of hydrogen-bond acceptors (Lipinski definition) is 4. The van der Waals surface area contributed by atoms with Gasteiger partial charge in [-0.05, 0) is 54.3 Å². The predicted octanol–water partition coefficient (Wildman–Crippen LogP) is 3.46. The Morgan fingerprint density at radius 3 is 2.17 bits per heavy atom. The highest BCUT2D eigenvalue weighted by atomic mass is 32.2. The maximum Gasteiger partial charge on any atom is 0.248 e. The smallest absolute Gasteiger partial charge is 0.248 e. The average Bonchev–Trinajstić information content (AvgIpc) is 2.53. The lowest BCUT2D eigenvalue weighted by molar-refractivity contribution is -0.111. The molecule has 0 unspecified atom stereocenters. The second-order valence-electron chi connectivity index (χ2n) is 4.89. The summed E-state index contributed by atoms with van der Waals surface area (Å²) in [5.74, 6) is -0.272. The Balaban J connectivity index is 1.99. The maximum atomic E-state index is 11.9. The van der Waals surface area contributed by atoms with E-state index < -0.39 is 9.84 Å². The molecule has 2 aromatic carbocycles. The molecule has 2 aromatic rings. The van der Waals surface area contributed by atoms with Gasteiger partial charge in [0.05, 0.1) is 4.90 Å². The van der Waals surface area contributed by atoms with Gasteiger partial charge in [0, 0.05) is 22.9 Å². The number of sulfone groups is 1. The minimum atomic E-state index is -3.23. The van der Waals surface area contributed by atoms with Crippen molar-refractivity contribution in [3.8, 4) is 0 Å². The van der Waals surface area contributed by atoms with Gasteiger partial charge in [-0.15, -0.1) is 11.8 Å². The second-order valence-corrected chi connectivity index (χ2v) is 7.79. The van der Waals surface area contributed by atoms with Crippen molar-refractivity contribution >= 4 is 39.3 Å². The number of benzene rings is 2. The molecule has 0 saturated heterocycles. The lowest BCUT2D eigenvalue weighted by Crippen LogP contribution is -2.08. The number of anilines is 1. The summed E-state index contributed by atoms with van der Waals surface area (Å²) in [6, 6.07) is 13.9. The van der Waals surface area contributed by atoms with E-state index in [0.29, 0.717) is 5.69 Å². The van der Waals surface area contributed by atoms with Crippen molar-refractivity contribution in [2.75, 3.05) is 17.8 Å². The van der Waals surface area contributed by atoms with Gasteiger partial charge in [0.1, 0.15) is 0 Å². The van der Waals surface area contributed by atoms with Crippen molar-refractivity contribution in [3.63, 3.8) is 0 Å². The molecule has 0 radical (unpaired) electrons. The second kappa shape index (κ2) is 7.48. The van der Waals surface area contributed by atoms with Crippen LogP contribution < -0.4 is 5.32 Å². The van der Waals surface area contributed by atoms with Gasteiger partial charge >= 0.3 is 0 Å². The van der Waals surface area contributed by atoms with Crippen molar-refractivity contribution in [2.24, 2.45) is 0 Å². The zero-order chi connectivity index (χ0) is 16.9. The molecule has 0 fully saturated rings. The summed E-state index contributed by atoms with van der Waals surface area (Å²) in [5, 5.41) is 2.69. The third-order valence-corrected chi connectivity index (χ3v) is 4.97. The van der Waals surface area contributed by atoms with Crippen LogP contribution in [0, 0.1) is 0 Å². The predicted molar refractivity (Wildman–Crippen MR) is 95.4 cm³/mol. The Labute approximate surface area is 140 Å². The van der Waals surface area contributed by atoms with Crippen molar-refractivity contribution in [1.82, 2.24) is 0 Å². The molecule has 0 spiro atoms. The fourth-order valence-electron chi connectivity index (χ4n) is 1.86. The first kappa shape index (κ1) is 17.3. The van der Waals surface area contributed by atoms with Crippen LogP contribution in [0.5, 0.6) is 0 Å². The number of rotatable bonds is 5. The van der Waals surface area contributed by atoms with Gasteiger partial charge in [-0.25, -0.2) is 8.42 Å². The minimum absolute atomic E-state index is 0.222. The molecular weight excluding hydrogens is 330 g/mol. The lowest BCUT2D eigenvalue weighted by atomic mass is 10.2. The van der Waals surface area contributed by atoms with Gasteiger partial charge in [0.15, 0.2) is 9.84 Å². The van der Waals surface area contributed by atoms with Crippen molar-refractivity contribution in [1.29, 1.82) is 0 Å². The van der Waals surface area contributed by atoms with E-state index in [1.807, 2.05) is 30.5 Å². The Hall–Kier alpha value is -2.05. The van der Waals surface area contributed by atoms with Crippen LogP contribution in [0.2, 0.25) is 0 Å². The third-order valence-electron chi connectivity index (χ3n) is 3.09. The molecule has 6 heteroatoms. The topological polar surface area (TPSA) is 63.2 Å². The number of hydrogen-bond donors (Lipinski definition) is 1. The Morgan fingerprint density at radius 1 is 1.04 bits per heavy atom. The van der Waals surface area contributed by atoms with Crippen molar-refractivity contribution in [2.45, 2.75) is 9.79 Å². The Bertz CT molecular complexity index is 808. The van der Waals surface area contributed by atoms with E-state index in [9.17, 15) is 13.2 Å². The summed E-state index contributed by atoms with van der Waals surface area (Å²) < 4.78 is 22.7. The van der Waals surface area contributed by atoms with Crippen LogP contribution in [0.25, 0.3) is 6.08 Å². The molecule has 2 rings (SSSR count). The van der Waals surface area contributed by atoms with Crippen LogP contribution in [0.3, 0.4) is 0 Å². The normalized spacial score (nSPS) is 11.6. The highest BCUT2D eigenvalue weighted by Crippen LogP contribution is 2.16. The molecule has 0 heterocycles. The fourth-order valence-corrected chi connectivity index (χ4v) is 2.90. The molecule has 0 saturated carbocycles. The molecular formula is C17H17NO3S2. The summed E-state index contributed by atoms with van der Waals surface area (Å²) in [7, 11) is -3.23. The lowest BCUT2D eigenvalue weighted by Gasteiger charge is -2.03. The fraction of sp³-hybridized carbons (Fsp3) is 0.118. The van der Waals surface area contributed by atoms with Gasteiger partial charge in [-0.1, -0.05) is 12.1 Å². The third kappa shape index (κ3) is 5.26. The zero-order valence-electron chi connectivity index (χ0n) is 12.8. The quantitative estimate of drug-likeness (QED) is 0.664. The van der Waals surface area contributed by atoms with E-state index in [1.54, 1.807) is 30.0 Å². The molecule has 1 N–H and O–H groups in total. The molecule has 1 amide bonds. The molecule has 0 atom stereocenters. The number of nitrogens with one attached hydrogen (secondary N) is 1. The van der Waals surface area contributed by atoms with Crippen LogP contribution in [0.4, 0.5) is 5.69 Å². The molecule has 0 bridgehead atoms. The van der Waals surface area contributed by atoms with E-state index in [0.717, 1.165) is 16.7 Å². The van der Waals surface area contributed by atoms with Crippen LogP contribution in [-0.4, -0.2) is 26.8 Å². The van der Waals surface area contributed by atoms with Gasteiger partial charge in [0.25, 0.3) is 0 Å². The summed E-state index contributed by atoms with van der Waals surface area (Å²) >= 11 is 1.66. The summed E-state index contributed by atoms with van der Waals surface area (Å²) in [4.78, 5) is 13.3. The SMILES string of the molecule is CSc1ccc(/C=C/C(=O)Nc2ccc(S(C)(=O)=O)cc2)cc1. The monoisotopic (exact) mass is 347 g/mol. The largest absolute Gasteiger partial charge is 0.323 e. The number of carbonyl (C=O) groups is 1. The molecule has 4 nitrogen and oxygen atoms in total. The van der Waals surface area contributed by atoms with Gasteiger partial charge < -0.3 is 5.32 Å².